The van der Waals surface area contributed by atoms with Crippen LogP contribution in [0.15, 0.2) is 30.3 Å². The van der Waals surface area contributed by atoms with E-state index in [4.69, 9.17) is 5.11 Å². The summed E-state index contributed by atoms with van der Waals surface area (Å²) >= 11 is 0. The van der Waals surface area contributed by atoms with Gasteiger partial charge >= 0.3 is 6.03 Å². The van der Waals surface area contributed by atoms with Crippen molar-refractivity contribution in [3.05, 3.63) is 35.9 Å². The van der Waals surface area contributed by atoms with E-state index < -0.39 is 0 Å². The van der Waals surface area contributed by atoms with Crippen LogP contribution < -0.4 is 10.6 Å². The number of hydrogen-bond acceptors (Lipinski definition) is 3. The summed E-state index contributed by atoms with van der Waals surface area (Å²) < 4.78 is 0. The highest BCUT2D eigenvalue weighted by Crippen LogP contribution is 2.19. The molecule has 0 radical (unpaired) electrons. The van der Waals surface area contributed by atoms with Gasteiger partial charge in [-0.3, -0.25) is 4.90 Å². The Bertz CT molecular complexity index is 425. The van der Waals surface area contributed by atoms with Gasteiger partial charge in [-0.05, 0) is 24.9 Å². The summed E-state index contributed by atoms with van der Waals surface area (Å²) in [6, 6.07) is 10.6. The minimum absolute atomic E-state index is 0.0308. The quantitative estimate of drug-likeness (QED) is 0.741. The van der Waals surface area contributed by atoms with Gasteiger partial charge in [0.05, 0.1) is 6.61 Å². The highest BCUT2D eigenvalue weighted by molar-refractivity contribution is 5.73. The Morgan fingerprint density at radius 2 is 2.05 bits per heavy atom. The molecule has 0 aromatic heterocycles. The molecule has 1 heterocycles. The first-order valence-corrected chi connectivity index (χ1v) is 7.70. The average molecular weight is 291 g/mol. The molecule has 1 aliphatic heterocycles. The maximum absolute atomic E-state index is 11.6. The van der Waals surface area contributed by atoms with Gasteiger partial charge < -0.3 is 15.7 Å². The van der Waals surface area contributed by atoms with Crippen LogP contribution >= 0.6 is 0 Å². The third kappa shape index (κ3) is 5.36. The molecule has 1 aromatic rings. The lowest BCUT2D eigenvalue weighted by Gasteiger charge is -2.35. The number of aliphatic hydroxyl groups excluding tert-OH is 1. The second-order valence-corrected chi connectivity index (χ2v) is 5.47. The van der Waals surface area contributed by atoms with Crippen molar-refractivity contribution in [3.63, 3.8) is 0 Å². The lowest BCUT2D eigenvalue weighted by molar-refractivity contribution is 0.138. The largest absolute Gasteiger partial charge is 0.395 e. The number of carbonyl (C=O) groups excluding carboxylic acids is 1. The lowest BCUT2D eigenvalue weighted by Crippen LogP contribution is -2.48. The maximum Gasteiger partial charge on any atom is 0.314 e. The van der Waals surface area contributed by atoms with Gasteiger partial charge in [-0.15, -0.1) is 0 Å². The predicted molar refractivity (Wildman–Crippen MR) is 83.0 cm³/mol. The predicted octanol–water partition coefficient (Wildman–Crippen LogP) is 1.33. The summed E-state index contributed by atoms with van der Waals surface area (Å²) in [5.41, 5.74) is 1.31. The monoisotopic (exact) mass is 291 g/mol. The average Bonchev–Trinajstić information content (AvgIpc) is 2.53. The van der Waals surface area contributed by atoms with Gasteiger partial charge in [-0.2, -0.15) is 0 Å². The van der Waals surface area contributed by atoms with Crippen LogP contribution in [-0.2, 0) is 6.54 Å². The molecule has 0 saturated carbocycles. The molecule has 1 atom stereocenters. The smallest absolute Gasteiger partial charge is 0.314 e. The molecule has 1 fully saturated rings. The molecule has 1 saturated heterocycles. The summed E-state index contributed by atoms with van der Waals surface area (Å²) in [7, 11) is 0. The zero-order valence-corrected chi connectivity index (χ0v) is 12.4. The molecule has 0 bridgehead atoms. The van der Waals surface area contributed by atoms with Gasteiger partial charge in [0.15, 0.2) is 0 Å². The van der Waals surface area contributed by atoms with Crippen LogP contribution in [0.2, 0.25) is 0 Å². The molecule has 21 heavy (non-hydrogen) atoms. The van der Waals surface area contributed by atoms with Crippen LogP contribution in [0.25, 0.3) is 0 Å². The van der Waals surface area contributed by atoms with Gasteiger partial charge in [0, 0.05) is 25.7 Å². The Hall–Kier alpha value is -1.59. The number of nitrogens with one attached hydrogen (secondary N) is 2. The summed E-state index contributed by atoms with van der Waals surface area (Å²) in [6.45, 7) is 2.94. The summed E-state index contributed by atoms with van der Waals surface area (Å²) in [6.07, 6.45) is 3.56. The third-order valence-electron chi connectivity index (χ3n) is 3.87. The van der Waals surface area contributed by atoms with Crippen molar-refractivity contribution in [1.82, 2.24) is 15.5 Å². The van der Waals surface area contributed by atoms with Crippen LogP contribution in [0, 0.1) is 0 Å². The number of rotatable bonds is 6. The van der Waals surface area contributed by atoms with Crippen molar-refractivity contribution in [3.8, 4) is 0 Å². The van der Waals surface area contributed by atoms with Crippen molar-refractivity contribution in [1.29, 1.82) is 0 Å². The number of nitrogens with zero attached hydrogens (tertiary/aromatic N) is 1. The summed E-state index contributed by atoms with van der Waals surface area (Å²) in [4.78, 5) is 14.0. The van der Waals surface area contributed by atoms with Gasteiger partial charge in [-0.1, -0.05) is 36.8 Å². The number of benzene rings is 1. The van der Waals surface area contributed by atoms with E-state index in [1.54, 1.807) is 0 Å². The molecular formula is C16H25N3O2. The molecule has 5 heteroatoms. The summed E-state index contributed by atoms with van der Waals surface area (Å²) in [5.74, 6) is 0. The molecule has 0 aliphatic carbocycles. The Balaban J connectivity index is 1.82. The minimum atomic E-state index is -0.200. The van der Waals surface area contributed by atoms with E-state index in [2.05, 4.69) is 39.8 Å². The number of likely N-dealkylation sites (tertiary alicyclic amines) is 1. The first kappa shape index (κ1) is 15.8. The van der Waals surface area contributed by atoms with Crippen molar-refractivity contribution >= 4 is 6.03 Å². The second-order valence-electron chi connectivity index (χ2n) is 5.47. The molecule has 2 rings (SSSR count). The fourth-order valence-electron chi connectivity index (χ4n) is 2.76. The van der Waals surface area contributed by atoms with Gasteiger partial charge in [-0.25, -0.2) is 4.79 Å². The van der Waals surface area contributed by atoms with Crippen molar-refractivity contribution < 1.29 is 9.90 Å². The van der Waals surface area contributed by atoms with Gasteiger partial charge in [0.1, 0.15) is 0 Å². The highest BCUT2D eigenvalue weighted by atomic mass is 16.3. The van der Waals surface area contributed by atoms with Crippen molar-refractivity contribution in [2.24, 2.45) is 0 Å². The molecule has 116 valence electrons. The molecule has 1 unspecified atom stereocenters. The molecule has 1 aromatic carbocycles. The highest BCUT2D eigenvalue weighted by Gasteiger charge is 2.22. The minimum Gasteiger partial charge on any atom is -0.395 e. The van der Waals surface area contributed by atoms with Gasteiger partial charge in [0.2, 0.25) is 0 Å². The Labute approximate surface area is 126 Å². The SMILES string of the molecule is O=C(NCCO)NCC1CCCCN1Cc1ccccc1. The molecule has 0 spiro atoms. The van der Waals surface area contributed by atoms with E-state index in [9.17, 15) is 4.79 Å². The zero-order valence-electron chi connectivity index (χ0n) is 12.4. The van der Waals surface area contributed by atoms with E-state index in [-0.39, 0.29) is 12.6 Å². The number of amides is 2. The van der Waals surface area contributed by atoms with E-state index in [1.165, 1.54) is 18.4 Å². The Morgan fingerprint density at radius 3 is 2.81 bits per heavy atom. The number of carbonyl (C=O) groups is 1. The fraction of sp³-hybridized carbons (Fsp3) is 0.562. The number of aliphatic hydroxyl groups is 1. The normalized spacial score (nSPS) is 19.2. The van der Waals surface area contributed by atoms with Gasteiger partial charge in [0.25, 0.3) is 0 Å². The molecular weight excluding hydrogens is 266 g/mol. The lowest BCUT2D eigenvalue weighted by atomic mass is 10.0. The first-order chi connectivity index (χ1) is 10.3. The number of hydrogen-bond donors (Lipinski definition) is 3. The topological polar surface area (TPSA) is 64.6 Å². The maximum atomic E-state index is 11.6. The van der Waals surface area contributed by atoms with Crippen LogP contribution in [0.1, 0.15) is 24.8 Å². The van der Waals surface area contributed by atoms with E-state index in [0.29, 0.717) is 19.1 Å². The second kappa shape index (κ2) is 8.64. The summed E-state index contributed by atoms with van der Waals surface area (Å²) in [5, 5.41) is 14.2. The fourth-order valence-corrected chi connectivity index (χ4v) is 2.76. The van der Waals surface area contributed by atoms with E-state index in [1.807, 2.05) is 6.07 Å². The number of piperidine rings is 1. The third-order valence-corrected chi connectivity index (χ3v) is 3.87. The van der Waals surface area contributed by atoms with Crippen LogP contribution in [-0.4, -0.2) is 48.3 Å². The van der Waals surface area contributed by atoms with Crippen LogP contribution in [0.4, 0.5) is 4.79 Å². The van der Waals surface area contributed by atoms with Crippen molar-refractivity contribution in [2.75, 3.05) is 26.2 Å². The number of urea groups is 1. The Morgan fingerprint density at radius 1 is 1.24 bits per heavy atom. The molecule has 2 amide bonds. The van der Waals surface area contributed by atoms with E-state index in [0.717, 1.165) is 19.5 Å². The van der Waals surface area contributed by atoms with Crippen LogP contribution in [0.3, 0.4) is 0 Å². The first-order valence-electron chi connectivity index (χ1n) is 7.70. The zero-order chi connectivity index (χ0) is 14.9. The Kier molecular flexibility index (Phi) is 6.50. The van der Waals surface area contributed by atoms with Crippen molar-refractivity contribution in [2.45, 2.75) is 31.8 Å². The molecule has 3 N–H and O–H groups in total. The van der Waals surface area contributed by atoms with E-state index >= 15 is 0 Å². The molecule has 5 nitrogen and oxygen atoms in total. The van der Waals surface area contributed by atoms with Crippen LogP contribution in [0.5, 0.6) is 0 Å². The standard InChI is InChI=1S/C16H25N3O2/c20-11-9-17-16(21)18-12-15-8-4-5-10-19(15)13-14-6-2-1-3-7-14/h1-3,6-7,15,20H,4-5,8-13H2,(H2,17,18,21). The molecule has 1 aliphatic rings.